The number of quaternary nitrogens is 1. The van der Waals surface area contributed by atoms with Crippen molar-refractivity contribution in [3.8, 4) is 5.75 Å². The number of halogens is 1. The number of benzene rings is 1. The van der Waals surface area contributed by atoms with E-state index in [2.05, 4.69) is 29.6 Å². The maximum Gasteiger partial charge on any atom is 0.279 e. The first-order valence-corrected chi connectivity index (χ1v) is 7.90. The molecule has 5 N–H and O–H groups in total. The van der Waals surface area contributed by atoms with Crippen LogP contribution in [-0.4, -0.2) is 73.1 Å². The van der Waals surface area contributed by atoms with Crippen molar-refractivity contribution in [3.63, 3.8) is 0 Å². The molecule has 0 aliphatic carbocycles. The van der Waals surface area contributed by atoms with Gasteiger partial charge in [-0.15, -0.1) is 0 Å². The molecule has 0 aromatic heterocycles. The first-order chi connectivity index (χ1) is 11.2. The van der Waals surface area contributed by atoms with Gasteiger partial charge in [0.05, 0.1) is 25.8 Å². The third kappa shape index (κ3) is 5.77. The van der Waals surface area contributed by atoms with E-state index in [0.717, 1.165) is 26.2 Å². The smallest absolute Gasteiger partial charge is 0.279 e. The lowest BCUT2D eigenvalue weighted by Crippen LogP contribution is -3.00. The van der Waals surface area contributed by atoms with Gasteiger partial charge in [-0.05, 0) is 13.1 Å². The summed E-state index contributed by atoms with van der Waals surface area (Å²) in [4.78, 5) is 25.7. The summed E-state index contributed by atoms with van der Waals surface area (Å²) in [6, 6.07) is 2.86. The molecule has 0 radical (unpaired) electrons. The number of nitrogen functional groups attached to an aromatic ring is 1. The second kappa shape index (κ2) is 8.37. The molecule has 2 amide bonds. The maximum absolute atomic E-state index is 12.4. The molecule has 0 spiro atoms. The average Bonchev–Trinajstić information content (AvgIpc) is 2.46. The van der Waals surface area contributed by atoms with E-state index in [9.17, 15) is 14.7 Å². The Bertz CT molecular complexity index is 622. The fourth-order valence-electron chi connectivity index (χ4n) is 2.79. The van der Waals surface area contributed by atoms with E-state index in [4.69, 9.17) is 5.73 Å². The number of nitrogens with zero attached hydrogens (tertiary/aromatic N) is 2. The van der Waals surface area contributed by atoms with Gasteiger partial charge in [0, 0.05) is 31.8 Å². The molecule has 1 aromatic rings. The third-order valence-electron chi connectivity index (χ3n) is 4.30. The predicted octanol–water partition coefficient (Wildman–Crippen LogP) is -2.73. The number of anilines is 3. The molecule has 0 atom stereocenters. The number of phenols is 1. The largest absolute Gasteiger partial charge is 1.00 e. The highest BCUT2D eigenvalue weighted by molar-refractivity contribution is 5.98. The molecule has 0 unspecified atom stereocenters. The zero-order chi connectivity index (χ0) is 17.9. The van der Waals surface area contributed by atoms with Gasteiger partial charge in [0.1, 0.15) is 11.4 Å². The fourth-order valence-corrected chi connectivity index (χ4v) is 2.79. The van der Waals surface area contributed by atoms with Crippen molar-refractivity contribution in [3.05, 3.63) is 12.1 Å². The quantitative estimate of drug-likeness (QED) is 0.261. The average molecular weight is 372 g/mol. The van der Waals surface area contributed by atoms with Gasteiger partial charge in [0.2, 0.25) is 5.91 Å². The third-order valence-corrected chi connectivity index (χ3v) is 4.30. The van der Waals surface area contributed by atoms with E-state index in [1.807, 2.05) is 0 Å². The number of piperazine rings is 1. The monoisotopic (exact) mass is 371 g/mol. The number of nitrogens with two attached hydrogens (primary N) is 1. The molecule has 9 heteroatoms. The van der Waals surface area contributed by atoms with Crippen LogP contribution in [0.4, 0.5) is 17.1 Å². The van der Waals surface area contributed by atoms with Crippen LogP contribution in [0.3, 0.4) is 0 Å². The van der Waals surface area contributed by atoms with Gasteiger partial charge in [0.15, 0.2) is 6.54 Å². The van der Waals surface area contributed by atoms with Crippen LogP contribution >= 0.6 is 0 Å². The van der Waals surface area contributed by atoms with Gasteiger partial charge >= 0.3 is 0 Å². The maximum atomic E-state index is 12.4. The van der Waals surface area contributed by atoms with Gasteiger partial charge < -0.3 is 38.4 Å². The lowest BCUT2D eigenvalue weighted by molar-refractivity contribution is -0.905. The number of carbonyl (C=O) groups excluding carboxylic acids is 2. The Morgan fingerprint density at radius 2 is 1.88 bits per heavy atom. The topological polar surface area (TPSA) is 108 Å². The first-order valence-electron chi connectivity index (χ1n) is 7.90. The molecule has 1 aliphatic heterocycles. The van der Waals surface area contributed by atoms with E-state index < -0.39 is 0 Å². The Labute approximate surface area is 154 Å². The second-order valence-electron chi connectivity index (χ2n) is 6.72. The lowest BCUT2D eigenvalue weighted by Gasteiger charge is -2.40. The van der Waals surface area contributed by atoms with Gasteiger partial charge in [-0.2, -0.15) is 0 Å². The number of aromatic hydroxyl groups is 1. The van der Waals surface area contributed by atoms with E-state index in [1.165, 1.54) is 19.1 Å². The van der Waals surface area contributed by atoms with Crippen molar-refractivity contribution in [1.29, 1.82) is 0 Å². The Kier molecular flexibility index (Phi) is 7.04. The van der Waals surface area contributed by atoms with Gasteiger partial charge in [-0.3, -0.25) is 14.5 Å². The molecule has 1 aromatic carbocycles. The molecular formula is C16H26ClN5O3. The van der Waals surface area contributed by atoms with Crippen LogP contribution in [0.5, 0.6) is 5.75 Å². The summed E-state index contributed by atoms with van der Waals surface area (Å²) in [5, 5.41) is 15.3. The molecule has 1 fully saturated rings. The predicted molar refractivity (Wildman–Crippen MR) is 93.7 cm³/mol. The van der Waals surface area contributed by atoms with Crippen molar-refractivity contribution in [2.24, 2.45) is 0 Å². The van der Waals surface area contributed by atoms with Gasteiger partial charge in [-0.25, -0.2) is 0 Å². The Morgan fingerprint density at radius 3 is 2.40 bits per heavy atom. The molecule has 0 saturated carbocycles. The summed E-state index contributed by atoms with van der Waals surface area (Å²) >= 11 is 0. The fraction of sp³-hybridized carbons (Fsp3) is 0.500. The van der Waals surface area contributed by atoms with E-state index in [-0.39, 0.29) is 41.3 Å². The summed E-state index contributed by atoms with van der Waals surface area (Å²) in [7, 11) is 4.12. The van der Waals surface area contributed by atoms with E-state index in [0.29, 0.717) is 16.7 Å². The highest BCUT2D eigenvalue weighted by Gasteiger charge is 2.30. The Hall–Kier alpha value is -2.03. The summed E-state index contributed by atoms with van der Waals surface area (Å²) in [6.07, 6.45) is 0. The number of carbonyl (C=O) groups is 2. The summed E-state index contributed by atoms with van der Waals surface area (Å²) < 4.78 is 0.654. The van der Waals surface area contributed by atoms with E-state index >= 15 is 0 Å². The summed E-state index contributed by atoms with van der Waals surface area (Å²) in [6.45, 7) is 5.37. The number of hydrogen-bond donors (Lipinski definition) is 4. The lowest BCUT2D eigenvalue weighted by atomic mass is 10.2. The van der Waals surface area contributed by atoms with Crippen LogP contribution in [-0.2, 0) is 9.59 Å². The SMILES string of the molecule is CC(=O)Nc1cc(N)c(NC(=O)C[N+]2(C)CCN(C)CC2)c(O)c1.[Cl-]. The standard InChI is InChI=1S/C16H25N5O3.ClH/c1-11(22)18-12-8-13(17)16(14(23)9-12)19-15(24)10-21(3)6-4-20(2)5-7-21;/h8-9H,4-7,10,17H2,1-3H3,(H2-,18,19,22,23,24);1H. The number of hydrogen-bond acceptors (Lipinski definition) is 5. The van der Waals surface area contributed by atoms with Crippen LogP contribution < -0.4 is 28.8 Å². The van der Waals surface area contributed by atoms with Crippen molar-refractivity contribution in [1.82, 2.24) is 4.90 Å². The zero-order valence-electron chi connectivity index (χ0n) is 14.8. The van der Waals surface area contributed by atoms with Gasteiger partial charge in [0.25, 0.3) is 5.91 Å². The van der Waals surface area contributed by atoms with Crippen LogP contribution in [0.25, 0.3) is 0 Å². The molecule has 1 aliphatic rings. The number of rotatable bonds is 4. The molecule has 8 nitrogen and oxygen atoms in total. The number of nitrogens with one attached hydrogen (secondary N) is 2. The number of likely N-dealkylation sites (N-methyl/N-ethyl adjacent to an activating group) is 2. The molecular weight excluding hydrogens is 346 g/mol. The normalized spacial score (nSPS) is 16.6. The highest BCUT2D eigenvalue weighted by atomic mass is 35.5. The van der Waals surface area contributed by atoms with Gasteiger partial charge in [-0.1, -0.05) is 0 Å². The van der Waals surface area contributed by atoms with Crippen LogP contribution in [0.1, 0.15) is 6.92 Å². The first kappa shape index (κ1) is 21.0. The van der Waals surface area contributed by atoms with Crippen LogP contribution in [0.2, 0.25) is 0 Å². The minimum atomic E-state index is -0.266. The highest BCUT2D eigenvalue weighted by Crippen LogP contribution is 2.33. The minimum Gasteiger partial charge on any atom is -1.00 e. The number of amides is 2. The molecule has 0 bridgehead atoms. The van der Waals surface area contributed by atoms with Crippen LogP contribution in [0, 0.1) is 0 Å². The van der Waals surface area contributed by atoms with E-state index in [1.54, 1.807) is 0 Å². The van der Waals surface area contributed by atoms with Crippen molar-refractivity contribution in [2.75, 3.05) is 63.2 Å². The van der Waals surface area contributed by atoms with Crippen molar-refractivity contribution >= 4 is 28.9 Å². The molecule has 140 valence electrons. The molecule has 2 rings (SSSR count). The zero-order valence-corrected chi connectivity index (χ0v) is 15.6. The molecule has 1 heterocycles. The summed E-state index contributed by atoms with van der Waals surface area (Å²) in [5.74, 6) is -0.637. The minimum absolute atomic E-state index is 0. The van der Waals surface area contributed by atoms with Crippen molar-refractivity contribution < 1.29 is 31.6 Å². The van der Waals surface area contributed by atoms with Crippen LogP contribution in [0.15, 0.2) is 12.1 Å². The van der Waals surface area contributed by atoms with Crippen molar-refractivity contribution in [2.45, 2.75) is 6.92 Å². The Morgan fingerprint density at radius 1 is 1.28 bits per heavy atom. The second-order valence-corrected chi connectivity index (χ2v) is 6.72. The summed E-state index contributed by atoms with van der Waals surface area (Å²) in [5.41, 5.74) is 6.65. The Balaban J connectivity index is 0.00000312. The molecule has 25 heavy (non-hydrogen) atoms. The number of phenolic OH excluding ortho intramolecular Hbond substituents is 1. The molecule has 1 saturated heterocycles.